The molecule has 3 heterocycles. The minimum atomic E-state index is 0.291. The largest absolute Gasteiger partial charge is 0.477 e. The van der Waals surface area contributed by atoms with Crippen LogP contribution in [0.5, 0.6) is 5.88 Å². The van der Waals surface area contributed by atoms with Gasteiger partial charge in [-0.25, -0.2) is 4.98 Å². The fourth-order valence-electron chi connectivity index (χ4n) is 4.26. The number of piperidine rings is 1. The van der Waals surface area contributed by atoms with Crippen LogP contribution >= 0.6 is 0 Å². The van der Waals surface area contributed by atoms with Crippen molar-refractivity contribution >= 4 is 5.91 Å². The maximum Gasteiger partial charge on any atom is 0.223 e. The standard InChI is InChI=1S/C21H31N3O2/c1-16-4-7-22-20(10-16)26-15-19-11-21(25)24(14-19)13-18-5-8-23(9-6-18)12-17-2-3-17/h4,7,10,17-19H,2-3,5-6,8-9,11-15H2,1H3. The molecule has 2 aliphatic heterocycles. The second kappa shape index (κ2) is 7.95. The molecule has 0 aromatic carbocycles. The van der Waals surface area contributed by atoms with Crippen molar-refractivity contribution in [2.24, 2.45) is 17.8 Å². The highest BCUT2D eigenvalue weighted by molar-refractivity contribution is 5.78. The number of aromatic nitrogens is 1. The average molecular weight is 357 g/mol. The second-order valence-electron chi connectivity index (χ2n) is 8.54. The molecular formula is C21H31N3O2. The van der Waals surface area contributed by atoms with E-state index in [1.165, 1.54) is 45.3 Å². The summed E-state index contributed by atoms with van der Waals surface area (Å²) in [6.45, 7) is 8.14. The van der Waals surface area contributed by atoms with Gasteiger partial charge in [-0.05, 0) is 69.2 Å². The van der Waals surface area contributed by atoms with E-state index < -0.39 is 0 Å². The van der Waals surface area contributed by atoms with Gasteiger partial charge in [0.1, 0.15) is 0 Å². The van der Waals surface area contributed by atoms with E-state index in [0.717, 1.165) is 24.6 Å². The first-order valence-electron chi connectivity index (χ1n) is 10.2. The van der Waals surface area contributed by atoms with Crippen LogP contribution in [0.1, 0.15) is 37.7 Å². The van der Waals surface area contributed by atoms with Gasteiger partial charge >= 0.3 is 0 Å². The molecule has 0 radical (unpaired) electrons. The van der Waals surface area contributed by atoms with E-state index in [1.54, 1.807) is 6.20 Å². The van der Waals surface area contributed by atoms with Crippen molar-refractivity contribution in [3.05, 3.63) is 23.9 Å². The number of rotatable bonds is 7. The van der Waals surface area contributed by atoms with E-state index in [9.17, 15) is 4.79 Å². The summed E-state index contributed by atoms with van der Waals surface area (Å²) in [4.78, 5) is 21.3. The molecule has 2 saturated heterocycles. The van der Waals surface area contributed by atoms with Crippen LogP contribution in [-0.2, 0) is 4.79 Å². The van der Waals surface area contributed by atoms with Crippen molar-refractivity contribution in [2.45, 2.75) is 39.0 Å². The molecular weight excluding hydrogens is 326 g/mol. The summed E-state index contributed by atoms with van der Waals surface area (Å²) in [5, 5.41) is 0. The lowest BCUT2D eigenvalue weighted by Crippen LogP contribution is -2.40. The number of pyridine rings is 1. The third kappa shape index (κ3) is 4.76. The van der Waals surface area contributed by atoms with Gasteiger partial charge in [-0.15, -0.1) is 0 Å². The molecule has 4 rings (SSSR count). The van der Waals surface area contributed by atoms with Crippen LogP contribution < -0.4 is 4.74 Å². The average Bonchev–Trinajstić information content (AvgIpc) is 3.38. The Hall–Kier alpha value is -1.62. The second-order valence-corrected chi connectivity index (χ2v) is 8.54. The van der Waals surface area contributed by atoms with E-state index in [0.29, 0.717) is 36.7 Å². The van der Waals surface area contributed by atoms with Crippen LogP contribution in [0.2, 0.25) is 0 Å². The fraction of sp³-hybridized carbons (Fsp3) is 0.714. The Balaban J connectivity index is 1.19. The van der Waals surface area contributed by atoms with Crippen LogP contribution in [0.15, 0.2) is 18.3 Å². The van der Waals surface area contributed by atoms with Crippen LogP contribution in [0.3, 0.4) is 0 Å². The monoisotopic (exact) mass is 357 g/mol. The van der Waals surface area contributed by atoms with E-state index in [4.69, 9.17) is 4.74 Å². The summed E-state index contributed by atoms with van der Waals surface area (Å²) < 4.78 is 5.82. The number of carbonyl (C=O) groups excluding carboxylic acids is 1. The Kier molecular flexibility index (Phi) is 5.44. The first-order chi connectivity index (χ1) is 12.7. The number of amides is 1. The quantitative estimate of drug-likeness (QED) is 0.753. The van der Waals surface area contributed by atoms with Crippen molar-refractivity contribution in [3.63, 3.8) is 0 Å². The SMILES string of the molecule is Cc1ccnc(OCC2CC(=O)N(CC3CCN(CC4CC4)CC3)C2)c1. The highest BCUT2D eigenvalue weighted by atomic mass is 16.5. The molecule has 0 N–H and O–H groups in total. The molecule has 1 saturated carbocycles. The minimum Gasteiger partial charge on any atom is -0.477 e. The number of ether oxygens (including phenoxy) is 1. The first-order valence-corrected chi connectivity index (χ1v) is 10.2. The molecule has 1 unspecified atom stereocenters. The topological polar surface area (TPSA) is 45.7 Å². The molecule has 1 aliphatic carbocycles. The zero-order valence-corrected chi connectivity index (χ0v) is 15.9. The smallest absolute Gasteiger partial charge is 0.223 e. The number of carbonyl (C=O) groups is 1. The Morgan fingerprint density at radius 2 is 1.88 bits per heavy atom. The summed E-state index contributed by atoms with van der Waals surface area (Å²) in [7, 11) is 0. The minimum absolute atomic E-state index is 0.291. The van der Waals surface area contributed by atoms with Crippen molar-refractivity contribution < 1.29 is 9.53 Å². The molecule has 5 nitrogen and oxygen atoms in total. The molecule has 1 atom stereocenters. The van der Waals surface area contributed by atoms with Gasteiger partial charge in [0.25, 0.3) is 0 Å². The number of likely N-dealkylation sites (tertiary alicyclic amines) is 2. The summed E-state index contributed by atoms with van der Waals surface area (Å²) in [5.74, 6) is 2.91. The maximum absolute atomic E-state index is 12.4. The highest BCUT2D eigenvalue weighted by Gasteiger charge is 2.33. The van der Waals surface area contributed by atoms with Crippen molar-refractivity contribution in [2.75, 3.05) is 39.3 Å². The van der Waals surface area contributed by atoms with Gasteiger partial charge in [0.05, 0.1) is 6.61 Å². The van der Waals surface area contributed by atoms with Gasteiger partial charge in [0, 0.05) is 44.2 Å². The molecule has 1 aromatic heterocycles. The van der Waals surface area contributed by atoms with Crippen LogP contribution in [0.25, 0.3) is 0 Å². The Morgan fingerprint density at radius 3 is 2.62 bits per heavy atom. The zero-order valence-electron chi connectivity index (χ0n) is 15.9. The third-order valence-electron chi connectivity index (χ3n) is 6.05. The lowest BCUT2D eigenvalue weighted by Gasteiger charge is -2.34. The summed E-state index contributed by atoms with van der Waals surface area (Å²) in [5.41, 5.74) is 1.15. The van der Waals surface area contributed by atoms with E-state index in [2.05, 4.69) is 14.8 Å². The van der Waals surface area contributed by atoms with Gasteiger partial charge in [-0.3, -0.25) is 4.79 Å². The van der Waals surface area contributed by atoms with Gasteiger partial charge in [-0.1, -0.05) is 0 Å². The number of hydrogen-bond acceptors (Lipinski definition) is 4. The van der Waals surface area contributed by atoms with E-state index >= 15 is 0 Å². The highest BCUT2D eigenvalue weighted by Crippen LogP contribution is 2.31. The normalized spacial score (nSPS) is 25.0. The third-order valence-corrected chi connectivity index (χ3v) is 6.05. The molecule has 1 aromatic rings. The van der Waals surface area contributed by atoms with Gasteiger partial charge < -0.3 is 14.5 Å². The molecule has 0 bridgehead atoms. The first kappa shape index (κ1) is 17.8. The number of aryl methyl sites for hydroxylation is 1. The Morgan fingerprint density at radius 1 is 1.12 bits per heavy atom. The van der Waals surface area contributed by atoms with E-state index in [1.807, 2.05) is 19.1 Å². The number of nitrogens with zero attached hydrogens (tertiary/aromatic N) is 3. The van der Waals surface area contributed by atoms with Crippen LogP contribution in [-0.4, -0.2) is 60.0 Å². The summed E-state index contributed by atoms with van der Waals surface area (Å²) in [6.07, 6.45) is 7.74. The zero-order chi connectivity index (χ0) is 17.9. The van der Waals surface area contributed by atoms with Crippen molar-refractivity contribution in [3.8, 4) is 5.88 Å². The molecule has 142 valence electrons. The maximum atomic E-state index is 12.4. The summed E-state index contributed by atoms with van der Waals surface area (Å²) >= 11 is 0. The van der Waals surface area contributed by atoms with Crippen LogP contribution in [0, 0.1) is 24.7 Å². The predicted octanol–water partition coefficient (Wildman–Crippen LogP) is 2.74. The van der Waals surface area contributed by atoms with Gasteiger partial charge in [0.2, 0.25) is 11.8 Å². The molecule has 26 heavy (non-hydrogen) atoms. The van der Waals surface area contributed by atoms with Gasteiger partial charge in [-0.2, -0.15) is 0 Å². The fourth-order valence-corrected chi connectivity index (χ4v) is 4.26. The van der Waals surface area contributed by atoms with E-state index in [-0.39, 0.29) is 0 Å². The van der Waals surface area contributed by atoms with Gasteiger partial charge in [0.15, 0.2) is 0 Å². The molecule has 3 aliphatic rings. The molecule has 3 fully saturated rings. The lowest BCUT2D eigenvalue weighted by atomic mass is 9.96. The Bertz CT molecular complexity index is 623. The van der Waals surface area contributed by atoms with Crippen LogP contribution in [0.4, 0.5) is 0 Å². The number of hydrogen-bond donors (Lipinski definition) is 0. The van der Waals surface area contributed by atoms with Crippen molar-refractivity contribution in [1.29, 1.82) is 0 Å². The predicted molar refractivity (Wildman–Crippen MR) is 101 cm³/mol. The summed E-state index contributed by atoms with van der Waals surface area (Å²) in [6, 6.07) is 3.91. The van der Waals surface area contributed by atoms with Crippen molar-refractivity contribution in [1.82, 2.24) is 14.8 Å². The molecule has 1 amide bonds. The molecule has 0 spiro atoms. The molecule has 5 heteroatoms. The Labute approximate surface area is 156 Å². The lowest BCUT2D eigenvalue weighted by molar-refractivity contribution is -0.128.